The summed E-state index contributed by atoms with van der Waals surface area (Å²) in [6.45, 7) is 7.58. The molecule has 0 radical (unpaired) electrons. The van der Waals surface area contributed by atoms with E-state index in [4.69, 9.17) is 4.74 Å². The Hall–Kier alpha value is -1.70. The highest BCUT2D eigenvalue weighted by Crippen LogP contribution is 2.22. The first-order valence-electron chi connectivity index (χ1n) is 7.37. The molecule has 2 atom stereocenters. The lowest BCUT2D eigenvalue weighted by Crippen LogP contribution is -2.46. The largest absolute Gasteiger partial charge is 0.478 e. The van der Waals surface area contributed by atoms with Gasteiger partial charge >= 0.3 is 5.97 Å². The van der Waals surface area contributed by atoms with Crippen LogP contribution in [-0.2, 0) is 14.8 Å². The first kappa shape index (κ1) is 17.7. The van der Waals surface area contributed by atoms with E-state index in [1.54, 1.807) is 19.9 Å². The Morgan fingerprint density at radius 2 is 2.13 bits per heavy atom. The smallest absolute Gasteiger partial charge is 0.336 e. The van der Waals surface area contributed by atoms with Gasteiger partial charge in [-0.25, -0.2) is 17.9 Å². The maximum Gasteiger partial charge on any atom is 0.336 e. The average Bonchev–Trinajstić information content (AvgIpc) is 2.49. The quantitative estimate of drug-likeness (QED) is 0.801. The van der Waals surface area contributed by atoms with Crippen molar-refractivity contribution >= 4 is 16.0 Å². The van der Waals surface area contributed by atoms with E-state index in [1.807, 2.05) is 0 Å². The molecule has 0 amide bonds. The van der Waals surface area contributed by atoms with Gasteiger partial charge in [-0.3, -0.25) is 0 Å². The zero-order chi connectivity index (χ0) is 17.2. The summed E-state index contributed by atoms with van der Waals surface area (Å²) >= 11 is 0. The van der Waals surface area contributed by atoms with Gasteiger partial charge < -0.3 is 9.84 Å². The molecule has 1 heterocycles. The van der Waals surface area contributed by atoms with E-state index in [1.165, 1.54) is 12.1 Å². The van der Waals surface area contributed by atoms with Crippen molar-refractivity contribution in [3.8, 4) is 0 Å². The molecule has 6 nitrogen and oxygen atoms in total. The van der Waals surface area contributed by atoms with Crippen LogP contribution in [0.15, 0.2) is 29.7 Å². The van der Waals surface area contributed by atoms with Crippen molar-refractivity contribution in [2.24, 2.45) is 0 Å². The standard InChI is InChI=1S/C16H21NO5S/c1-4-15-14(6-5-7-22-15)17-23(20,21)12-8-10(2)11(3)13(9-12)16(18)19/h4,8-9,14-15,17H,1,5-7H2,2-3H3,(H,18,19)/t14-,15+/m1/s1. The summed E-state index contributed by atoms with van der Waals surface area (Å²) in [5.41, 5.74) is 1.16. The van der Waals surface area contributed by atoms with Crippen LogP contribution in [0.25, 0.3) is 0 Å². The highest BCUT2D eigenvalue weighted by molar-refractivity contribution is 7.89. The summed E-state index contributed by atoms with van der Waals surface area (Å²) in [7, 11) is -3.84. The van der Waals surface area contributed by atoms with Crippen LogP contribution in [-0.4, -0.2) is 38.2 Å². The second kappa shape index (κ2) is 6.82. The van der Waals surface area contributed by atoms with E-state index in [2.05, 4.69) is 11.3 Å². The molecule has 7 heteroatoms. The Labute approximate surface area is 136 Å². The number of rotatable bonds is 5. The van der Waals surface area contributed by atoms with Crippen molar-refractivity contribution in [1.29, 1.82) is 0 Å². The Kier molecular flexibility index (Phi) is 5.23. The third-order valence-electron chi connectivity index (χ3n) is 4.09. The molecular formula is C16H21NO5S. The van der Waals surface area contributed by atoms with Crippen LogP contribution in [0.2, 0.25) is 0 Å². The fourth-order valence-corrected chi connectivity index (χ4v) is 4.02. The number of aromatic carboxylic acids is 1. The fourth-order valence-electron chi connectivity index (χ4n) is 2.63. The number of hydrogen-bond donors (Lipinski definition) is 2. The van der Waals surface area contributed by atoms with E-state index in [0.717, 1.165) is 6.42 Å². The van der Waals surface area contributed by atoms with Gasteiger partial charge in [0.15, 0.2) is 0 Å². The lowest BCUT2D eigenvalue weighted by molar-refractivity contribution is 0.0274. The Bertz CT molecular complexity index is 726. The predicted molar refractivity (Wildman–Crippen MR) is 86.2 cm³/mol. The third kappa shape index (κ3) is 3.80. The molecule has 1 aromatic carbocycles. The number of sulfonamides is 1. The van der Waals surface area contributed by atoms with E-state index in [0.29, 0.717) is 24.2 Å². The average molecular weight is 339 g/mol. The minimum Gasteiger partial charge on any atom is -0.478 e. The van der Waals surface area contributed by atoms with E-state index in [9.17, 15) is 18.3 Å². The summed E-state index contributed by atoms with van der Waals surface area (Å²) in [5, 5.41) is 9.23. The number of aryl methyl sites for hydroxylation is 1. The molecule has 0 aliphatic carbocycles. The van der Waals surface area contributed by atoms with E-state index >= 15 is 0 Å². The summed E-state index contributed by atoms with van der Waals surface area (Å²) in [5.74, 6) is -1.15. The van der Waals surface area contributed by atoms with Gasteiger partial charge in [-0.1, -0.05) is 6.08 Å². The van der Waals surface area contributed by atoms with E-state index in [-0.39, 0.29) is 16.6 Å². The van der Waals surface area contributed by atoms with Crippen molar-refractivity contribution in [2.45, 2.75) is 43.7 Å². The normalized spacial score (nSPS) is 21.8. The predicted octanol–water partition coefficient (Wildman–Crippen LogP) is 2.01. The molecule has 0 spiro atoms. The summed E-state index contributed by atoms with van der Waals surface area (Å²) in [6, 6.07) is 2.28. The van der Waals surface area contributed by atoms with Crippen molar-refractivity contribution in [1.82, 2.24) is 4.72 Å². The van der Waals surface area contributed by atoms with Crippen molar-refractivity contribution in [2.75, 3.05) is 6.61 Å². The highest BCUT2D eigenvalue weighted by atomic mass is 32.2. The number of ether oxygens (including phenoxy) is 1. The maximum atomic E-state index is 12.6. The van der Waals surface area contributed by atoms with Crippen molar-refractivity contribution < 1.29 is 23.1 Å². The molecule has 0 unspecified atom stereocenters. The first-order chi connectivity index (χ1) is 10.8. The minimum absolute atomic E-state index is 0.00876. The Balaban J connectivity index is 2.36. The first-order valence-corrected chi connectivity index (χ1v) is 8.85. The van der Waals surface area contributed by atoms with Crippen LogP contribution in [0.4, 0.5) is 0 Å². The molecule has 1 aliphatic rings. The SMILES string of the molecule is C=C[C@@H]1OCCC[C@H]1NS(=O)(=O)c1cc(C)c(C)c(C(=O)O)c1. The lowest BCUT2D eigenvalue weighted by atomic mass is 10.0. The Morgan fingerprint density at radius 1 is 1.43 bits per heavy atom. The number of benzene rings is 1. The fraction of sp³-hybridized carbons (Fsp3) is 0.438. The van der Waals surface area contributed by atoms with Crippen molar-refractivity contribution in [3.63, 3.8) is 0 Å². The summed E-state index contributed by atoms with van der Waals surface area (Å²) in [6.07, 6.45) is 2.59. The van der Waals surface area contributed by atoms with Gasteiger partial charge in [-0.2, -0.15) is 0 Å². The molecule has 23 heavy (non-hydrogen) atoms. The number of carboxylic acid groups (broad SMARTS) is 1. The monoisotopic (exact) mass is 339 g/mol. The molecule has 1 saturated heterocycles. The van der Waals surface area contributed by atoms with Crippen LogP contribution in [0, 0.1) is 13.8 Å². The van der Waals surface area contributed by atoms with Gasteiger partial charge in [-0.05, 0) is 49.9 Å². The molecule has 0 bridgehead atoms. The van der Waals surface area contributed by atoms with Crippen LogP contribution in [0.5, 0.6) is 0 Å². The second-order valence-electron chi connectivity index (χ2n) is 5.66. The second-order valence-corrected chi connectivity index (χ2v) is 7.37. The number of hydrogen-bond acceptors (Lipinski definition) is 4. The van der Waals surface area contributed by atoms with Gasteiger partial charge in [0.25, 0.3) is 0 Å². The lowest BCUT2D eigenvalue weighted by Gasteiger charge is -2.30. The topological polar surface area (TPSA) is 92.7 Å². The van der Waals surface area contributed by atoms with Crippen LogP contribution < -0.4 is 4.72 Å². The molecule has 0 saturated carbocycles. The molecular weight excluding hydrogens is 318 g/mol. The van der Waals surface area contributed by atoms with Crippen LogP contribution in [0.1, 0.15) is 34.3 Å². The molecule has 2 N–H and O–H groups in total. The van der Waals surface area contributed by atoms with Crippen molar-refractivity contribution in [3.05, 3.63) is 41.5 Å². The molecule has 1 aliphatic heterocycles. The maximum absolute atomic E-state index is 12.6. The highest BCUT2D eigenvalue weighted by Gasteiger charge is 2.29. The molecule has 1 fully saturated rings. The Morgan fingerprint density at radius 3 is 2.74 bits per heavy atom. The zero-order valence-corrected chi connectivity index (χ0v) is 14.0. The van der Waals surface area contributed by atoms with E-state index < -0.39 is 22.0 Å². The third-order valence-corrected chi connectivity index (χ3v) is 5.56. The molecule has 126 valence electrons. The van der Waals surface area contributed by atoms with Gasteiger partial charge in [0, 0.05) is 6.61 Å². The van der Waals surface area contributed by atoms with Crippen LogP contribution >= 0.6 is 0 Å². The van der Waals surface area contributed by atoms with Gasteiger partial charge in [0.2, 0.25) is 10.0 Å². The van der Waals surface area contributed by atoms with Gasteiger partial charge in [0.05, 0.1) is 22.6 Å². The van der Waals surface area contributed by atoms with Gasteiger partial charge in [0.1, 0.15) is 0 Å². The summed E-state index contributed by atoms with van der Waals surface area (Å²) < 4.78 is 33.3. The molecule has 0 aromatic heterocycles. The molecule has 1 aromatic rings. The summed E-state index contributed by atoms with van der Waals surface area (Å²) in [4.78, 5) is 11.2. The van der Waals surface area contributed by atoms with Crippen LogP contribution in [0.3, 0.4) is 0 Å². The molecule has 2 rings (SSSR count). The van der Waals surface area contributed by atoms with Gasteiger partial charge in [-0.15, -0.1) is 6.58 Å². The minimum atomic E-state index is -3.84. The number of carbonyl (C=O) groups is 1. The zero-order valence-electron chi connectivity index (χ0n) is 13.2. The number of carboxylic acids is 1. The number of nitrogens with one attached hydrogen (secondary N) is 1.